The largest absolute Gasteiger partial charge is 0.387 e. The summed E-state index contributed by atoms with van der Waals surface area (Å²) in [5.74, 6) is 0.574. The molecule has 2 rings (SSSR count). The lowest BCUT2D eigenvalue weighted by molar-refractivity contribution is 0.163. The molecule has 2 N–H and O–H groups in total. The minimum atomic E-state index is -0.551. The van der Waals surface area contributed by atoms with E-state index in [4.69, 9.17) is 0 Å². The van der Waals surface area contributed by atoms with Crippen LogP contribution in [0.1, 0.15) is 44.3 Å². The summed E-state index contributed by atoms with van der Waals surface area (Å²) < 4.78 is 12.8. The predicted octanol–water partition coefficient (Wildman–Crippen LogP) is 3.03. The molecule has 0 spiro atoms. The van der Waals surface area contributed by atoms with Gasteiger partial charge in [0.2, 0.25) is 0 Å². The first-order valence-corrected chi connectivity index (χ1v) is 6.82. The van der Waals surface area contributed by atoms with Crippen molar-refractivity contribution in [1.82, 2.24) is 5.32 Å². The van der Waals surface area contributed by atoms with Gasteiger partial charge in [-0.05, 0) is 49.3 Å². The van der Waals surface area contributed by atoms with E-state index in [0.717, 1.165) is 11.5 Å². The normalized spacial score (nSPS) is 25.9. The van der Waals surface area contributed by atoms with E-state index in [1.165, 1.54) is 37.8 Å². The topological polar surface area (TPSA) is 32.3 Å². The SMILES string of the molecule is CC1CCC(NCC(O)c2ccc(F)cc2)CC1. The lowest BCUT2D eigenvalue weighted by atomic mass is 9.87. The zero-order valence-electron chi connectivity index (χ0n) is 10.9. The van der Waals surface area contributed by atoms with Gasteiger partial charge in [0.1, 0.15) is 5.82 Å². The Morgan fingerprint density at radius 2 is 1.83 bits per heavy atom. The van der Waals surface area contributed by atoms with Gasteiger partial charge in [-0.3, -0.25) is 0 Å². The first kappa shape index (κ1) is 13.5. The van der Waals surface area contributed by atoms with Crippen molar-refractivity contribution in [2.24, 2.45) is 5.92 Å². The second kappa shape index (κ2) is 6.30. The predicted molar refractivity (Wildman–Crippen MR) is 70.8 cm³/mol. The lowest BCUT2D eigenvalue weighted by Gasteiger charge is -2.28. The average Bonchev–Trinajstić information content (AvgIpc) is 2.38. The summed E-state index contributed by atoms with van der Waals surface area (Å²) in [4.78, 5) is 0. The zero-order valence-corrected chi connectivity index (χ0v) is 10.9. The fraction of sp³-hybridized carbons (Fsp3) is 0.600. The summed E-state index contributed by atoms with van der Waals surface area (Å²) in [6.07, 6.45) is 4.37. The van der Waals surface area contributed by atoms with Gasteiger partial charge < -0.3 is 10.4 Å². The number of benzene rings is 1. The van der Waals surface area contributed by atoms with Gasteiger partial charge in [-0.2, -0.15) is 0 Å². The molecular weight excluding hydrogens is 229 g/mol. The van der Waals surface area contributed by atoms with Crippen LogP contribution in [0.3, 0.4) is 0 Å². The van der Waals surface area contributed by atoms with Crippen LogP contribution < -0.4 is 5.32 Å². The third-order valence-corrected chi connectivity index (χ3v) is 3.87. The van der Waals surface area contributed by atoms with Gasteiger partial charge in [0.15, 0.2) is 0 Å². The molecule has 100 valence electrons. The van der Waals surface area contributed by atoms with Crippen LogP contribution in [-0.4, -0.2) is 17.7 Å². The molecule has 2 nitrogen and oxygen atoms in total. The molecule has 3 heteroatoms. The maximum Gasteiger partial charge on any atom is 0.123 e. The quantitative estimate of drug-likeness (QED) is 0.862. The molecule has 1 aliphatic rings. The van der Waals surface area contributed by atoms with Crippen LogP contribution in [0.25, 0.3) is 0 Å². The molecule has 0 saturated heterocycles. The van der Waals surface area contributed by atoms with Gasteiger partial charge in [-0.1, -0.05) is 19.1 Å². The van der Waals surface area contributed by atoms with Crippen molar-refractivity contribution < 1.29 is 9.50 Å². The third kappa shape index (κ3) is 3.79. The summed E-state index contributed by atoms with van der Waals surface area (Å²) >= 11 is 0. The average molecular weight is 251 g/mol. The second-order valence-electron chi connectivity index (χ2n) is 5.43. The lowest BCUT2D eigenvalue weighted by Crippen LogP contribution is -2.35. The molecule has 1 fully saturated rings. The summed E-state index contributed by atoms with van der Waals surface area (Å²) in [5.41, 5.74) is 0.771. The molecule has 0 radical (unpaired) electrons. The Labute approximate surface area is 108 Å². The number of hydrogen-bond donors (Lipinski definition) is 2. The molecule has 1 unspecified atom stereocenters. The molecule has 0 heterocycles. The molecule has 0 aliphatic heterocycles. The van der Waals surface area contributed by atoms with E-state index in [0.29, 0.717) is 12.6 Å². The van der Waals surface area contributed by atoms with Crippen molar-refractivity contribution >= 4 is 0 Å². The Kier molecular flexibility index (Phi) is 4.72. The highest BCUT2D eigenvalue weighted by Crippen LogP contribution is 2.23. The third-order valence-electron chi connectivity index (χ3n) is 3.87. The Hall–Kier alpha value is -0.930. The van der Waals surface area contributed by atoms with Crippen molar-refractivity contribution in [3.8, 4) is 0 Å². The highest BCUT2D eigenvalue weighted by atomic mass is 19.1. The number of aliphatic hydroxyl groups excluding tert-OH is 1. The standard InChI is InChI=1S/C15H22FNO/c1-11-2-8-14(9-3-11)17-10-15(18)12-4-6-13(16)7-5-12/h4-7,11,14-15,17-18H,2-3,8-10H2,1H3. The number of rotatable bonds is 4. The zero-order chi connectivity index (χ0) is 13.0. The van der Waals surface area contributed by atoms with E-state index < -0.39 is 6.10 Å². The first-order chi connectivity index (χ1) is 8.65. The van der Waals surface area contributed by atoms with Gasteiger partial charge in [-0.25, -0.2) is 4.39 Å². The summed E-state index contributed by atoms with van der Waals surface area (Å²) in [5, 5.41) is 13.4. The molecule has 18 heavy (non-hydrogen) atoms. The monoisotopic (exact) mass is 251 g/mol. The van der Waals surface area contributed by atoms with Crippen molar-refractivity contribution in [1.29, 1.82) is 0 Å². The maximum atomic E-state index is 12.8. The van der Waals surface area contributed by atoms with Crippen LogP contribution in [0.5, 0.6) is 0 Å². The van der Waals surface area contributed by atoms with Gasteiger partial charge in [0, 0.05) is 12.6 Å². The first-order valence-electron chi connectivity index (χ1n) is 6.82. The van der Waals surface area contributed by atoms with Crippen molar-refractivity contribution in [3.05, 3.63) is 35.6 Å². The minimum Gasteiger partial charge on any atom is -0.387 e. The van der Waals surface area contributed by atoms with Gasteiger partial charge in [0.05, 0.1) is 6.10 Å². The smallest absolute Gasteiger partial charge is 0.123 e. The van der Waals surface area contributed by atoms with Crippen LogP contribution in [0.4, 0.5) is 4.39 Å². The molecule has 1 aromatic rings. The number of nitrogens with one attached hydrogen (secondary N) is 1. The molecular formula is C15H22FNO. The number of halogens is 1. The summed E-state index contributed by atoms with van der Waals surface area (Å²) in [6, 6.07) is 6.59. The Morgan fingerprint density at radius 3 is 2.44 bits per heavy atom. The van der Waals surface area contributed by atoms with E-state index in [9.17, 15) is 9.50 Å². The number of hydrogen-bond acceptors (Lipinski definition) is 2. The summed E-state index contributed by atoms with van der Waals surface area (Å²) in [7, 11) is 0. The highest BCUT2D eigenvalue weighted by molar-refractivity contribution is 5.18. The van der Waals surface area contributed by atoms with E-state index in [-0.39, 0.29) is 5.82 Å². The fourth-order valence-corrected chi connectivity index (χ4v) is 2.55. The van der Waals surface area contributed by atoms with E-state index >= 15 is 0 Å². The molecule has 1 aromatic carbocycles. The molecule has 1 saturated carbocycles. The highest BCUT2D eigenvalue weighted by Gasteiger charge is 2.18. The van der Waals surface area contributed by atoms with Crippen LogP contribution in [-0.2, 0) is 0 Å². The Balaban J connectivity index is 1.77. The van der Waals surface area contributed by atoms with E-state index in [2.05, 4.69) is 12.2 Å². The molecule has 1 aliphatic carbocycles. The van der Waals surface area contributed by atoms with Gasteiger partial charge in [-0.15, -0.1) is 0 Å². The minimum absolute atomic E-state index is 0.264. The second-order valence-corrected chi connectivity index (χ2v) is 5.43. The van der Waals surface area contributed by atoms with E-state index in [1.807, 2.05) is 0 Å². The molecule has 0 bridgehead atoms. The van der Waals surface area contributed by atoms with Gasteiger partial charge in [0.25, 0.3) is 0 Å². The van der Waals surface area contributed by atoms with Gasteiger partial charge >= 0.3 is 0 Å². The van der Waals surface area contributed by atoms with Crippen molar-refractivity contribution in [3.63, 3.8) is 0 Å². The molecule has 1 atom stereocenters. The number of aliphatic hydroxyl groups is 1. The van der Waals surface area contributed by atoms with Crippen LogP contribution in [0, 0.1) is 11.7 Å². The molecule has 0 amide bonds. The van der Waals surface area contributed by atoms with Crippen LogP contribution >= 0.6 is 0 Å². The Morgan fingerprint density at radius 1 is 1.22 bits per heavy atom. The molecule has 0 aromatic heterocycles. The van der Waals surface area contributed by atoms with E-state index in [1.54, 1.807) is 12.1 Å². The van der Waals surface area contributed by atoms with Crippen molar-refractivity contribution in [2.75, 3.05) is 6.54 Å². The van der Waals surface area contributed by atoms with Crippen LogP contribution in [0.2, 0.25) is 0 Å². The fourth-order valence-electron chi connectivity index (χ4n) is 2.55. The van der Waals surface area contributed by atoms with Crippen molar-refractivity contribution in [2.45, 2.75) is 44.8 Å². The Bertz CT molecular complexity index is 357. The van der Waals surface area contributed by atoms with Crippen LogP contribution in [0.15, 0.2) is 24.3 Å². The summed E-state index contributed by atoms with van der Waals surface area (Å²) in [6.45, 7) is 2.84. The maximum absolute atomic E-state index is 12.8.